The molecule has 0 aliphatic carbocycles. The van der Waals surface area contributed by atoms with Gasteiger partial charge in [-0.2, -0.15) is 0 Å². The molecule has 0 saturated heterocycles. The van der Waals surface area contributed by atoms with E-state index in [2.05, 4.69) is 20.9 Å². The third-order valence-electron chi connectivity index (χ3n) is 6.64. The number of esters is 1. The Kier molecular flexibility index (Phi) is 8.46. The summed E-state index contributed by atoms with van der Waals surface area (Å²) < 4.78 is 26.8. The molecule has 3 aromatic carbocycles. The number of halogens is 2. The minimum absolute atomic E-state index is 0.0683. The largest absolute Gasteiger partial charge is 0.481 e. The van der Waals surface area contributed by atoms with Crippen molar-refractivity contribution in [2.75, 3.05) is 7.11 Å². The van der Waals surface area contributed by atoms with Crippen LogP contribution in [0.2, 0.25) is 0 Å². The number of allylic oxidation sites excluding steroid dienone is 1. The molecule has 1 aromatic heterocycles. The van der Waals surface area contributed by atoms with Gasteiger partial charge in [0.05, 0.1) is 38.4 Å². The van der Waals surface area contributed by atoms with E-state index in [1.54, 1.807) is 12.1 Å². The van der Waals surface area contributed by atoms with Gasteiger partial charge in [-0.1, -0.05) is 66.8 Å². The summed E-state index contributed by atoms with van der Waals surface area (Å²) >= 11 is 4.45. The van der Waals surface area contributed by atoms with Crippen LogP contribution in [0.5, 0.6) is 5.75 Å². The minimum atomic E-state index is -0.762. The molecular weight excluding hydrogens is 629 g/mol. The summed E-state index contributed by atoms with van der Waals surface area (Å²) in [6.45, 7) is 1.65. The van der Waals surface area contributed by atoms with Crippen molar-refractivity contribution in [2.24, 2.45) is 4.99 Å². The Morgan fingerprint density at radius 3 is 2.57 bits per heavy atom. The first-order valence-electron chi connectivity index (χ1n) is 12.8. The number of aromatic nitrogens is 1. The second-order valence-corrected chi connectivity index (χ2v) is 11.1. The molecule has 42 heavy (non-hydrogen) atoms. The Morgan fingerprint density at radius 1 is 1.19 bits per heavy atom. The molecule has 0 spiro atoms. The van der Waals surface area contributed by atoms with Gasteiger partial charge in [0.1, 0.15) is 12.4 Å². The highest BCUT2D eigenvalue weighted by Crippen LogP contribution is 2.37. The Balaban J connectivity index is 1.62. The number of ether oxygens (including phenoxy) is 2. The summed E-state index contributed by atoms with van der Waals surface area (Å²) in [5, 5.41) is 12.0. The van der Waals surface area contributed by atoms with Gasteiger partial charge in [0.2, 0.25) is 5.75 Å². The number of methoxy groups -OCH3 is 1. The maximum absolute atomic E-state index is 14.1. The van der Waals surface area contributed by atoms with Crippen LogP contribution < -0.4 is 19.6 Å². The topological polar surface area (TPSA) is 113 Å². The van der Waals surface area contributed by atoms with Gasteiger partial charge in [0, 0.05) is 11.6 Å². The van der Waals surface area contributed by atoms with Crippen molar-refractivity contribution in [1.29, 1.82) is 0 Å². The smallest absolute Gasteiger partial charge is 0.338 e. The lowest BCUT2D eigenvalue weighted by Gasteiger charge is -2.25. The van der Waals surface area contributed by atoms with E-state index in [9.17, 15) is 24.1 Å². The molecule has 0 saturated carbocycles. The van der Waals surface area contributed by atoms with Gasteiger partial charge in [-0.05, 0) is 51.7 Å². The molecule has 1 aliphatic heterocycles. The summed E-state index contributed by atoms with van der Waals surface area (Å²) in [5.74, 6) is -1.14. The molecule has 0 bridgehead atoms. The van der Waals surface area contributed by atoms with Crippen LogP contribution in [0.4, 0.5) is 10.1 Å². The molecule has 12 heteroatoms. The highest BCUT2D eigenvalue weighted by molar-refractivity contribution is 9.10. The van der Waals surface area contributed by atoms with E-state index in [0.717, 1.165) is 11.3 Å². The number of benzene rings is 3. The minimum Gasteiger partial charge on any atom is -0.481 e. The van der Waals surface area contributed by atoms with E-state index in [-0.39, 0.29) is 38.2 Å². The van der Waals surface area contributed by atoms with Gasteiger partial charge in [-0.15, -0.1) is 0 Å². The van der Waals surface area contributed by atoms with Crippen molar-refractivity contribution in [3.8, 4) is 5.75 Å². The summed E-state index contributed by atoms with van der Waals surface area (Å²) in [4.78, 5) is 43.1. The average molecular weight is 652 g/mol. The van der Waals surface area contributed by atoms with Crippen molar-refractivity contribution in [1.82, 2.24) is 4.57 Å². The fraction of sp³-hybridized carbons (Fsp3) is 0.167. The maximum Gasteiger partial charge on any atom is 0.338 e. The van der Waals surface area contributed by atoms with E-state index in [0.29, 0.717) is 28.0 Å². The van der Waals surface area contributed by atoms with E-state index < -0.39 is 28.3 Å². The van der Waals surface area contributed by atoms with E-state index in [1.807, 2.05) is 37.3 Å². The predicted molar refractivity (Wildman–Crippen MR) is 158 cm³/mol. The molecule has 0 fully saturated rings. The molecule has 1 aliphatic rings. The first-order valence-corrected chi connectivity index (χ1v) is 14.4. The second kappa shape index (κ2) is 12.2. The van der Waals surface area contributed by atoms with Gasteiger partial charge in [0.15, 0.2) is 4.80 Å². The van der Waals surface area contributed by atoms with Crippen molar-refractivity contribution < 1.29 is 23.6 Å². The summed E-state index contributed by atoms with van der Waals surface area (Å²) in [7, 11) is 1.28. The lowest BCUT2D eigenvalue weighted by Crippen LogP contribution is -2.40. The number of carbonyl (C=O) groups excluding carboxylic acids is 1. The standard InChI is InChI=1S/C30H23BrFN3O6S/c1-3-22-25(29(37)40-2)26(18-9-5-4-6-10-18)34-28(36)24(42-30(34)33-22)15-17-13-20(31)27(23(14-17)35(38)39)41-16-19-11-7-8-12-21(19)32/h4-15,26H,3,16H2,1-2H3/b24-15+/t26-/m0/s1. The lowest BCUT2D eigenvalue weighted by atomic mass is 9.95. The quantitative estimate of drug-likeness (QED) is 0.147. The van der Waals surface area contributed by atoms with Gasteiger partial charge < -0.3 is 9.47 Å². The van der Waals surface area contributed by atoms with Crippen molar-refractivity contribution in [3.63, 3.8) is 0 Å². The number of fused-ring (bicyclic) bond motifs is 1. The second-order valence-electron chi connectivity index (χ2n) is 9.19. The zero-order valence-corrected chi connectivity index (χ0v) is 24.8. The third-order valence-corrected chi connectivity index (χ3v) is 8.21. The molecule has 9 nitrogen and oxygen atoms in total. The van der Waals surface area contributed by atoms with Crippen molar-refractivity contribution in [3.05, 3.63) is 135 Å². The molecule has 0 unspecified atom stereocenters. The summed E-state index contributed by atoms with van der Waals surface area (Å²) in [6.07, 6.45) is 1.96. The van der Waals surface area contributed by atoms with Crippen molar-refractivity contribution in [2.45, 2.75) is 26.0 Å². The molecule has 0 amide bonds. The van der Waals surface area contributed by atoms with E-state index in [1.165, 1.54) is 42.0 Å². The van der Waals surface area contributed by atoms with Crippen LogP contribution in [0.1, 0.15) is 36.1 Å². The maximum atomic E-state index is 14.1. The molecule has 0 N–H and O–H groups in total. The number of carbonyl (C=O) groups is 1. The van der Waals surface area contributed by atoms with Gasteiger partial charge in [0.25, 0.3) is 5.56 Å². The first-order chi connectivity index (χ1) is 20.2. The van der Waals surface area contributed by atoms with Gasteiger partial charge >= 0.3 is 11.7 Å². The fourth-order valence-electron chi connectivity index (χ4n) is 4.69. The van der Waals surface area contributed by atoms with Crippen molar-refractivity contribution >= 4 is 45.0 Å². The fourth-order valence-corrected chi connectivity index (χ4v) is 6.29. The zero-order chi connectivity index (χ0) is 30.0. The summed E-state index contributed by atoms with van der Waals surface area (Å²) in [5.41, 5.74) is 1.33. The number of nitro benzene ring substituents is 1. The normalized spacial score (nSPS) is 14.8. The molecule has 5 rings (SSSR count). The van der Waals surface area contributed by atoms with Crippen LogP contribution >= 0.6 is 27.3 Å². The zero-order valence-electron chi connectivity index (χ0n) is 22.4. The van der Waals surface area contributed by atoms with Gasteiger partial charge in [-0.25, -0.2) is 14.2 Å². The van der Waals surface area contributed by atoms with E-state index in [4.69, 9.17) is 9.47 Å². The molecule has 214 valence electrons. The molecule has 0 radical (unpaired) electrons. The molecule has 1 atom stereocenters. The number of rotatable bonds is 8. The SMILES string of the molecule is CCC1=C(C(=O)OC)[C@H](c2ccccc2)n2c(s/c(=C/c3cc(Br)c(OCc4ccccc4F)c([N+](=O)[O-])c3)c2=O)=N1. The molecular formula is C30H23BrFN3O6S. The Hall–Kier alpha value is -4.42. The predicted octanol–water partition coefficient (Wildman–Crippen LogP) is 5.19. The Labute approximate surface area is 251 Å². The summed E-state index contributed by atoms with van der Waals surface area (Å²) in [6, 6.07) is 17.2. The van der Waals surface area contributed by atoms with Crippen LogP contribution in [-0.4, -0.2) is 22.6 Å². The Morgan fingerprint density at radius 2 is 1.90 bits per heavy atom. The highest BCUT2D eigenvalue weighted by Gasteiger charge is 2.33. The number of nitrogens with zero attached hydrogens (tertiary/aromatic N) is 3. The number of nitro groups is 1. The van der Waals surface area contributed by atoms with Crippen LogP contribution in [-0.2, 0) is 16.1 Å². The van der Waals surface area contributed by atoms with E-state index >= 15 is 0 Å². The first kappa shape index (κ1) is 29.1. The number of hydrogen-bond acceptors (Lipinski definition) is 8. The lowest BCUT2D eigenvalue weighted by molar-refractivity contribution is -0.386. The van der Waals surface area contributed by atoms with Gasteiger partial charge in [-0.3, -0.25) is 19.5 Å². The monoisotopic (exact) mass is 651 g/mol. The average Bonchev–Trinajstić information content (AvgIpc) is 3.30. The number of hydrogen-bond donors (Lipinski definition) is 0. The molecule has 4 aromatic rings. The van der Waals surface area contributed by atoms with Crippen LogP contribution in [0, 0.1) is 15.9 Å². The van der Waals surface area contributed by atoms with Crippen LogP contribution in [0.25, 0.3) is 6.08 Å². The van der Waals surface area contributed by atoms with Crippen LogP contribution in [0.3, 0.4) is 0 Å². The molecule has 2 heterocycles. The van der Waals surface area contributed by atoms with Crippen LogP contribution in [0.15, 0.2) is 92.3 Å². The highest BCUT2D eigenvalue weighted by atomic mass is 79.9. The third kappa shape index (κ3) is 5.55. The Bertz CT molecular complexity index is 1920. The number of thiazole rings is 1.